The minimum Gasteiger partial charge on any atom is -0.378 e. The number of halogens is 1. The lowest BCUT2D eigenvalue weighted by Crippen LogP contribution is -2.26. The summed E-state index contributed by atoms with van der Waals surface area (Å²) < 4.78 is 0. The molecule has 1 amide bonds. The number of aromatic amines is 1. The van der Waals surface area contributed by atoms with Crippen LogP contribution in [-0.2, 0) is 0 Å². The van der Waals surface area contributed by atoms with Crippen LogP contribution < -0.4 is 10.2 Å². The fourth-order valence-electron chi connectivity index (χ4n) is 3.34. The normalized spacial score (nSPS) is 11.1. The maximum Gasteiger partial charge on any atom is 0.269 e. The first-order chi connectivity index (χ1) is 13.6. The van der Waals surface area contributed by atoms with Crippen LogP contribution in [0.15, 0.2) is 54.6 Å². The number of para-hydroxylation sites is 1. The number of amides is 1. The van der Waals surface area contributed by atoms with E-state index in [1.54, 1.807) is 0 Å². The van der Waals surface area contributed by atoms with Crippen molar-refractivity contribution >= 4 is 45.0 Å². The van der Waals surface area contributed by atoms with E-state index in [1.807, 2.05) is 73.6 Å². The minimum absolute atomic E-state index is 0.223. The second-order valence-corrected chi connectivity index (χ2v) is 7.21. The van der Waals surface area contributed by atoms with Crippen LogP contribution >= 0.6 is 11.6 Å². The molecule has 2 N–H and O–H groups in total. The first kappa shape index (κ1) is 18.3. The van der Waals surface area contributed by atoms with Gasteiger partial charge in [0.05, 0.1) is 11.2 Å². The highest BCUT2D eigenvalue weighted by Gasteiger charge is 2.17. The van der Waals surface area contributed by atoms with E-state index in [1.165, 1.54) is 0 Å². The van der Waals surface area contributed by atoms with Crippen LogP contribution in [0.4, 0.5) is 5.69 Å². The number of nitrogens with zero attached hydrogens (tertiary/aromatic N) is 2. The van der Waals surface area contributed by atoms with E-state index in [4.69, 9.17) is 16.6 Å². The molecule has 0 bridgehead atoms. The summed E-state index contributed by atoms with van der Waals surface area (Å²) in [6.07, 6.45) is 0. The Balaban J connectivity index is 1.93. The smallest absolute Gasteiger partial charge is 0.269 e. The Morgan fingerprint density at radius 1 is 1.11 bits per heavy atom. The zero-order chi connectivity index (χ0) is 19.7. The molecule has 4 rings (SSSR count). The number of fused-ring (bicyclic) bond motifs is 3. The molecule has 0 radical (unpaired) electrons. The number of rotatable bonds is 5. The van der Waals surface area contributed by atoms with Gasteiger partial charge in [0, 0.05) is 54.1 Å². The Morgan fingerprint density at radius 2 is 1.86 bits per heavy atom. The number of nitrogens with one attached hydrogen (secondary N) is 2. The first-order valence-electron chi connectivity index (χ1n) is 9.12. The molecule has 4 aromatic rings. The van der Waals surface area contributed by atoms with Crippen molar-refractivity contribution in [1.82, 2.24) is 15.3 Å². The van der Waals surface area contributed by atoms with Gasteiger partial charge in [-0.25, -0.2) is 4.98 Å². The van der Waals surface area contributed by atoms with Crippen molar-refractivity contribution in [3.8, 4) is 11.3 Å². The van der Waals surface area contributed by atoms with Gasteiger partial charge in [-0.05, 0) is 24.3 Å². The Kier molecular flexibility index (Phi) is 4.92. The second kappa shape index (κ2) is 7.52. The second-order valence-electron chi connectivity index (χ2n) is 6.84. The molecule has 142 valence electrons. The summed E-state index contributed by atoms with van der Waals surface area (Å²) in [5, 5.41) is 4.85. The van der Waals surface area contributed by atoms with E-state index in [0.717, 1.165) is 38.8 Å². The standard InChI is InChI=1S/C22H21ClN4O/c1-27(2)15-9-7-14(8-10-15)20-21-17(16-5-3-4-6-18(16)25-21)13-19(26-20)22(28)24-12-11-23/h3-10,13,25H,11-12H2,1-2H3,(H,24,28). The van der Waals surface area contributed by atoms with Crippen LogP contribution in [0.25, 0.3) is 33.1 Å². The average molecular weight is 393 g/mol. The van der Waals surface area contributed by atoms with Crippen molar-refractivity contribution < 1.29 is 4.79 Å². The summed E-state index contributed by atoms with van der Waals surface area (Å²) in [7, 11) is 4.01. The van der Waals surface area contributed by atoms with Gasteiger partial charge in [-0.3, -0.25) is 4.79 Å². The Morgan fingerprint density at radius 3 is 2.57 bits per heavy atom. The summed E-state index contributed by atoms with van der Waals surface area (Å²) in [5.41, 5.74) is 5.14. The summed E-state index contributed by atoms with van der Waals surface area (Å²) >= 11 is 5.71. The fourth-order valence-corrected chi connectivity index (χ4v) is 3.43. The number of benzene rings is 2. The Hall–Kier alpha value is -3.05. The van der Waals surface area contributed by atoms with Crippen molar-refractivity contribution in [2.24, 2.45) is 0 Å². The van der Waals surface area contributed by atoms with Crippen molar-refractivity contribution in [2.75, 3.05) is 31.4 Å². The predicted octanol–water partition coefficient (Wildman–Crippen LogP) is 4.42. The average Bonchev–Trinajstić information content (AvgIpc) is 3.10. The molecule has 0 aliphatic rings. The van der Waals surface area contributed by atoms with Crippen LogP contribution in [0.3, 0.4) is 0 Å². The predicted molar refractivity (Wildman–Crippen MR) is 116 cm³/mol. The maximum absolute atomic E-state index is 12.6. The summed E-state index contributed by atoms with van der Waals surface area (Å²) in [6.45, 7) is 0.404. The van der Waals surface area contributed by atoms with E-state index in [2.05, 4.69) is 10.3 Å². The molecule has 2 aromatic carbocycles. The van der Waals surface area contributed by atoms with Crippen LogP contribution in [0.1, 0.15) is 10.5 Å². The molecular weight excluding hydrogens is 372 g/mol. The summed E-state index contributed by atoms with van der Waals surface area (Å²) in [4.78, 5) is 22.8. The Labute approximate surface area is 168 Å². The molecule has 0 unspecified atom stereocenters. The van der Waals surface area contributed by atoms with Gasteiger partial charge in [-0.1, -0.05) is 30.3 Å². The zero-order valence-corrected chi connectivity index (χ0v) is 16.5. The maximum atomic E-state index is 12.6. The number of hydrogen-bond donors (Lipinski definition) is 2. The number of hydrogen-bond acceptors (Lipinski definition) is 3. The topological polar surface area (TPSA) is 61.0 Å². The molecule has 0 spiro atoms. The minimum atomic E-state index is -0.223. The molecule has 0 saturated heterocycles. The molecule has 2 heterocycles. The number of aromatic nitrogens is 2. The van der Waals surface area contributed by atoms with Gasteiger partial charge in [0.1, 0.15) is 5.69 Å². The SMILES string of the molecule is CN(C)c1ccc(-c2nc(C(=O)NCCCl)cc3c2[nH]c2ccccc23)cc1. The van der Waals surface area contributed by atoms with Crippen LogP contribution in [0, 0.1) is 0 Å². The van der Waals surface area contributed by atoms with Gasteiger partial charge in [0.25, 0.3) is 5.91 Å². The van der Waals surface area contributed by atoms with Crippen molar-refractivity contribution in [3.05, 3.63) is 60.3 Å². The lowest BCUT2D eigenvalue weighted by atomic mass is 10.1. The van der Waals surface area contributed by atoms with Crippen LogP contribution in [0.5, 0.6) is 0 Å². The third kappa shape index (κ3) is 3.29. The molecule has 0 aliphatic carbocycles. The highest BCUT2D eigenvalue weighted by molar-refractivity contribution is 6.18. The molecule has 0 aliphatic heterocycles. The number of alkyl halides is 1. The van der Waals surface area contributed by atoms with Crippen molar-refractivity contribution in [1.29, 1.82) is 0 Å². The van der Waals surface area contributed by atoms with Crippen molar-refractivity contribution in [2.45, 2.75) is 0 Å². The molecule has 28 heavy (non-hydrogen) atoms. The third-order valence-electron chi connectivity index (χ3n) is 4.77. The highest BCUT2D eigenvalue weighted by Crippen LogP contribution is 2.33. The molecule has 6 heteroatoms. The first-order valence-corrected chi connectivity index (χ1v) is 9.65. The van der Waals surface area contributed by atoms with Gasteiger partial charge in [-0.2, -0.15) is 0 Å². The van der Waals surface area contributed by atoms with E-state index >= 15 is 0 Å². The van der Waals surface area contributed by atoms with Gasteiger partial charge in [-0.15, -0.1) is 11.6 Å². The molecule has 0 fully saturated rings. The number of carbonyl (C=O) groups is 1. The van der Waals surface area contributed by atoms with E-state index in [0.29, 0.717) is 18.1 Å². The zero-order valence-electron chi connectivity index (χ0n) is 15.8. The highest BCUT2D eigenvalue weighted by atomic mass is 35.5. The molecule has 2 aromatic heterocycles. The van der Waals surface area contributed by atoms with E-state index < -0.39 is 0 Å². The van der Waals surface area contributed by atoms with Crippen molar-refractivity contribution in [3.63, 3.8) is 0 Å². The lowest BCUT2D eigenvalue weighted by molar-refractivity contribution is 0.0951. The van der Waals surface area contributed by atoms with E-state index in [9.17, 15) is 4.79 Å². The summed E-state index contributed by atoms with van der Waals surface area (Å²) in [6, 6.07) is 18.1. The van der Waals surface area contributed by atoms with Gasteiger partial charge >= 0.3 is 0 Å². The molecular formula is C22H21ClN4O. The fraction of sp³-hybridized carbons (Fsp3) is 0.182. The summed E-state index contributed by atoms with van der Waals surface area (Å²) in [5.74, 6) is 0.138. The quantitative estimate of drug-likeness (QED) is 0.494. The molecule has 0 saturated carbocycles. The largest absolute Gasteiger partial charge is 0.378 e. The van der Waals surface area contributed by atoms with Crippen LogP contribution in [-0.4, -0.2) is 42.4 Å². The van der Waals surface area contributed by atoms with Gasteiger partial charge in [0.15, 0.2) is 0 Å². The number of anilines is 1. The molecule has 5 nitrogen and oxygen atoms in total. The van der Waals surface area contributed by atoms with Gasteiger partial charge in [0.2, 0.25) is 0 Å². The number of pyridine rings is 1. The van der Waals surface area contributed by atoms with E-state index in [-0.39, 0.29) is 5.91 Å². The monoisotopic (exact) mass is 392 g/mol. The van der Waals surface area contributed by atoms with Gasteiger partial charge < -0.3 is 15.2 Å². The molecule has 0 atom stereocenters. The Bertz CT molecular complexity index is 1150. The number of carbonyl (C=O) groups excluding carboxylic acids is 1. The number of H-pyrrole nitrogens is 1. The lowest BCUT2D eigenvalue weighted by Gasteiger charge is -2.13. The third-order valence-corrected chi connectivity index (χ3v) is 4.96. The van der Waals surface area contributed by atoms with Crippen LogP contribution in [0.2, 0.25) is 0 Å².